The molecule has 0 saturated carbocycles. The van der Waals surface area contributed by atoms with Gasteiger partial charge in [0.05, 0.1) is 33.9 Å². The summed E-state index contributed by atoms with van der Waals surface area (Å²) in [5.74, 6) is -1.32. The molecule has 0 bridgehead atoms. The Bertz CT molecular complexity index is 1190. The first kappa shape index (κ1) is 24.8. The monoisotopic (exact) mass is 503 g/mol. The average molecular weight is 504 g/mol. The van der Waals surface area contributed by atoms with Gasteiger partial charge < -0.3 is 15.2 Å². The maximum absolute atomic E-state index is 13.0. The predicted octanol–water partition coefficient (Wildman–Crippen LogP) is 4.58. The summed E-state index contributed by atoms with van der Waals surface area (Å²) >= 11 is 12.2. The van der Waals surface area contributed by atoms with Crippen LogP contribution in [0.15, 0.2) is 36.5 Å². The fourth-order valence-corrected chi connectivity index (χ4v) is 3.69. The second kappa shape index (κ2) is 9.58. The standard InChI is InChI=1S/C21H18Cl2F3N3O4/c1-3-32-20(31)17(27)19(30)10(2)33-13-5-4-11-9-28-29(16(11)8-13)18-14(22)6-12(7-15(18)23)21(24,25)26/h4-10,17H,3,27H2,1-2H3. The molecule has 0 aliphatic rings. The maximum atomic E-state index is 13.0. The second-order valence-electron chi connectivity index (χ2n) is 6.96. The van der Waals surface area contributed by atoms with E-state index in [1.807, 2.05) is 0 Å². The van der Waals surface area contributed by atoms with Crippen LogP contribution < -0.4 is 10.5 Å². The van der Waals surface area contributed by atoms with Crippen molar-refractivity contribution in [3.05, 3.63) is 52.1 Å². The molecule has 0 spiro atoms. The molecule has 2 N–H and O–H groups in total. The molecular formula is C21H18Cl2F3N3O4. The fraction of sp³-hybridized carbons (Fsp3) is 0.286. The van der Waals surface area contributed by atoms with Crippen molar-refractivity contribution in [3.63, 3.8) is 0 Å². The molecule has 7 nitrogen and oxygen atoms in total. The number of ketones is 1. The smallest absolute Gasteiger partial charge is 0.416 e. The van der Waals surface area contributed by atoms with Gasteiger partial charge in [-0.15, -0.1) is 0 Å². The first-order chi connectivity index (χ1) is 15.4. The van der Waals surface area contributed by atoms with Gasteiger partial charge in [-0.25, -0.2) is 9.48 Å². The highest BCUT2D eigenvalue weighted by atomic mass is 35.5. The number of hydrogen-bond donors (Lipinski definition) is 1. The minimum atomic E-state index is -4.62. The van der Waals surface area contributed by atoms with Crippen LogP contribution in [0, 0.1) is 0 Å². The van der Waals surface area contributed by atoms with Gasteiger partial charge in [-0.05, 0) is 38.1 Å². The van der Waals surface area contributed by atoms with E-state index in [4.69, 9.17) is 38.4 Å². The van der Waals surface area contributed by atoms with E-state index in [1.165, 1.54) is 23.9 Å². The largest absolute Gasteiger partial charge is 0.483 e. The zero-order valence-corrected chi connectivity index (χ0v) is 18.8. The average Bonchev–Trinajstić information content (AvgIpc) is 3.14. The van der Waals surface area contributed by atoms with E-state index in [-0.39, 0.29) is 28.1 Å². The Morgan fingerprint density at radius 3 is 2.39 bits per heavy atom. The lowest BCUT2D eigenvalue weighted by molar-refractivity contribution is -0.149. The summed E-state index contributed by atoms with van der Waals surface area (Å²) in [5.41, 5.74) is 5.09. The number of Topliss-reactive ketones (excluding diaryl/α,β-unsaturated/α-hetero) is 1. The lowest BCUT2D eigenvalue weighted by Crippen LogP contribution is -2.46. The zero-order valence-electron chi connectivity index (χ0n) is 17.3. The highest BCUT2D eigenvalue weighted by Gasteiger charge is 2.32. The van der Waals surface area contributed by atoms with Crippen molar-refractivity contribution >= 4 is 45.9 Å². The second-order valence-corrected chi connectivity index (χ2v) is 7.77. The number of esters is 1. The highest BCUT2D eigenvalue weighted by Crippen LogP contribution is 2.38. The van der Waals surface area contributed by atoms with Crippen LogP contribution in [0.25, 0.3) is 16.6 Å². The lowest BCUT2D eigenvalue weighted by Gasteiger charge is -2.17. The van der Waals surface area contributed by atoms with Crippen molar-refractivity contribution in [1.29, 1.82) is 0 Å². The van der Waals surface area contributed by atoms with Crippen LogP contribution in [0.2, 0.25) is 10.0 Å². The molecule has 0 aliphatic carbocycles. The number of halogens is 5. The number of ether oxygens (including phenoxy) is 2. The highest BCUT2D eigenvalue weighted by molar-refractivity contribution is 6.38. The van der Waals surface area contributed by atoms with Crippen LogP contribution in [0.3, 0.4) is 0 Å². The zero-order chi connectivity index (χ0) is 24.5. The minimum absolute atomic E-state index is 0.0481. The first-order valence-corrected chi connectivity index (χ1v) is 10.4. The number of alkyl halides is 3. The summed E-state index contributed by atoms with van der Waals surface area (Å²) in [6.45, 7) is 3.08. The van der Waals surface area contributed by atoms with Crippen LogP contribution in [0.5, 0.6) is 5.75 Å². The van der Waals surface area contributed by atoms with Crippen molar-refractivity contribution < 1.29 is 32.2 Å². The van der Waals surface area contributed by atoms with Gasteiger partial charge >= 0.3 is 12.1 Å². The van der Waals surface area contributed by atoms with E-state index in [9.17, 15) is 22.8 Å². The Kier molecular flexibility index (Phi) is 7.20. The number of carbonyl (C=O) groups is 2. The van der Waals surface area contributed by atoms with Gasteiger partial charge in [-0.1, -0.05) is 23.2 Å². The molecule has 2 atom stereocenters. The van der Waals surface area contributed by atoms with Crippen LogP contribution in [-0.4, -0.2) is 40.3 Å². The van der Waals surface area contributed by atoms with Crippen LogP contribution >= 0.6 is 23.2 Å². The normalized spacial score (nSPS) is 13.6. The molecule has 3 rings (SSSR count). The van der Waals surface area contributed by atoms with Crippen molar-refractivity contribution in [3.8, 4) is 11.4 Å². The number of aromatic nitrogens is 2. The number of nitrogens with zero attached hydrogens (tertiary/aromatic N) is 2. The Hall–Kier alpha value is -2.82. The molecule has 3 aromatic rings. The molecule has 0 saturated heterocycles. The van der Waals surface area contributed by atoms with Crippen LogP contribution in [0.1, 0.15) is 19.4 Å². The van der Waals surface area contributed by atoms with Crippen molar-refractivity contribution in [2.45, 2.75) is 32.2 Å². The van der Waals surface area contributed by atoms with E-state index in [2.05, 4.69) is 5.10 Å². The quantitative estimate of drug-likeness (QED) is 0.374. The molecule has 0 aliphatic heterocycles. The molecular weight excluding hydrogens is 486 g/mol. The van der Waals surface area contributed by atoms with Gasteiger partial charge in [-0.3, -0.25) is 4.79 Å². The van der Waals surface area contributed by atoms with E-state index in [1.54, 1.807) is 19.1 Å². The predicted molar refractivity (Wildman–Crippen MR) is 116 cm³/mol. The molecule has 12 heteroatoms. The molecule has 0 fully saturated rings. The maximum Gasteiger partial charge on any atom is 0.416 e. The summed E-state index contributed by atoms with van der Waals surface area (Å²) < 4.78 is 50.8. The Labute approximate surface area is 196 Å². The summed E-state index contributed by atoms with van der Waals surface area (Å²) in [5, 5.41) is 4.27. The molecule has 1 heterocycles. The lowest BCUT2D eigenvalue weighted by atomic mass is 10.1. The first-order valence-electron chi connectivity index (χ1n) is 9.61. The number of hydrogen-bond acceptors (Lipinski definition) is 6. The third-order valence-corrected chi connectivity index (χ3v) is 5.24. The molecule has 2 unspecified atom stereocenters. The van der Waals surface area contributed by atoms with Crippen molar-refractivity contribution in [1.82, 2.24) is 9.78 Å². The van der Waals surface area contributed by atoms with E-state index < -0.39 is 35.6 Å². The summed E-state index contributed by atoms with van der Waals surface area (Å²) in [4.78, 5) is 24.1. The number of carbonyl (C=O) groups excluding carboxylic acids is 2. The van der Waals surface area contributed by atoms with Crippen LogP contribution in [0.4, 0.5) is 13.2 Å². The molecule has 176 valence electrons. The summed E-state index contributed by atoms with van der Waals surface area (Å²) in [6, 6.07) is 4.71. The van der Waals surface area contributed by atoms with Gasteiger partial charge in [-0.2, -0.15) is 18.3 Å². The third kappa shape index (κ3) is 5.23. The number of nitrogens with two attached hydrogens (primary N) is 1. The van der Waals surface area contributed by atoms with E-state index in [0.717, 1.165) is 12.1 Å². The number of rotatable bonds is 7. The molecule has 1 aromatic heterocycles. The van der Waals surface area contributed by atoms with Gasteiger partial charge in [0.1, 0.15) is 11.4 Å². The van der Waals surface area contributed by atoms with E-state index in [0.29, 0.717) is 10.9 Å². The Morgan fingerprint density at radius 1 is 1.18 bits per heavy atom. The van der Waals surface area contributed by atoms with Crippen LogP contribution in [-0.2, 0) is 20.5 Å². The number of benzene rings is 2. The van der Waals surface area contributed by atoms with E-state index >= 15 is 0 Å². The molecule has 0 radical (unpaired) electrons. The Morgan fingerprint density at radius 2 is 1.82 bits per heavy atom. The van der Waals surface area contributed by atoms with Gasteiger partial charge in [0.15, 0.2) is 12.1 Å². The Balaban J connectivity index is 1.93. The topological polar surface area (TPSA) is 96.4 Å². The molecule has 2 aromatic carbocycles. The van der Waals surface area contributed by atoms with Crippen molar-refractivity contribution in [2.24, 2.45) is 5.73 Å². The number of fused-ring (bicyclic) bond motifs is 1. The third-order valence-electron chi connectivity index (χ3n) is 4.66. The SMILES string of the molecule is CCOC(=O)C(N)C(=O)C(C)Oc1ccc2cnn(-c3c(Cl)cc(C(F)(F)F)cc3Cl)c2c1. The van der Waals surface area contributed by atoms with Gasteiger partial charge in [0.25, 0.3) is 0 Å². The fourth-order valence-electron chi connectivity index (χ4n) is 3.04. The van der Waals surface area contributed by atoms with Crippen molar-refractivity contribution in [2.75, 3.05) is 6.61 Å². The van der Waals surface area contributed by atoms with Gasteiger partial charge in [0.2, 0.25) is 5.78 Å². The molecule has 0 amide bonds. The minimum Gasteiger partial charge on any atom is -0.483 e. The molecule has 33 heavy (non-hydrogen) atoms. The summed E-state index contributed by atoms with van der Waals surface area (Å²) in [6.07, 6.45) is -4.24. The summed E-state index contributed by atoms with van der Waals surface area (Å²) in [7, 11) is 0. The van der Waals surface area contributed by atoms with Gasteiger partial charge in [0, 0.05) is 11.5 Å².